The summed E-state index contributed by atoms with van der Waals surface area (Å²) in [5.41, 5.74) is 0.945. The maximum atomic E-state index is 12.0. The molecule has 0 amide bonds. The first-order valence-electron chi connectivity index (χ1n) is 5.80. The summed E-state index contributed by atoms with van der Waals surface area (Å²) in [6.45, 7) is 1.72. The van der Waals surface area contributed by atoms with Crippen molar-refractivity contribution in [3.8, 4) is 5.75 Å². The van der Waals surface area contributed by atoms with Crippen LogP contribution in [0.2, 0.25) is 0 Å². The molecule has 0 aliphatic rings. The number of nitrogens with zero attached hydrogens (tertiary/aromatic N) is 2. The smallest absolute Gasteiger partial charge is 0.253 e. The van der Waals surface area contributed by atoms with Crippen molar-refractivity contribution in [2.75, 3.05) is 7.11 Å². The van der Waals surface area contributed by atoms with Crippen molar-refractivity contribution in [2.24, 2.45) is 0 Å². The molecule has 0 bridgehead atoms. The van der Waals surface area contributed by atoms with Gasteiger partial charge in [0.25, 0.3) is 5.56 Å². The molecule has 0 atom stereocenters. The number of Topliss-reactive ketones (excluding diaryl/α,β-unsaturated/α-hetero) is 1. The predicted molar refractivity (Wildman–Crippen MR) is 70.6 cm³/mol. The van der Waals surface area contributed by atoms with Gasteiger partial charge in [-0.25, -0.2) is 4.98 Å². The molecule has 0 spiro atoms. The van der Waals surface area contributed by atoms with E-state index in [1.54, 1.807) is 38.3 Å². The molecule has 98 valence electrons. The number of benzene rings is 1. The highest BCUT2D eigenvalue weighted by molar-refractivity contribution is 5.95. The Bertz CT molecular complexity index is 644. The lowest BCUT2D eigenvalue weighted by Crippen LogP contribution is -2.24. The Balaban J connectivity index is 2.18. The molecule has 1 aromatic carbocycles. The molecule has 1 heterocycles. The number of hydrogen-bond acceptors (Lipinski definition) is 4. The molecule has 2 aromatic rings. The minimum Gasteiger partial charge on any atom is -0.497 e. The lowest BCUT2D eigenvalue weighted by atomic mass is 10.1. The average Bonchev–Trinajstić information content (AvgIpc) is 2.42. The van der Waals surface area contributed by atoms with E-state index in [1.165, 1.54) is 17.0 Å². The monoisotopic (exact) mass is 258 g/mol. The van der Waals surface area contributed by atoms with E-state index in [-0.39, 0.29) is 17.9 Å². The maximum absolute atomic E-state index is 12.0. The molecule has 0 aliphatic carbocycles. The summed E-state index contributed by atoms with van der Waals surface area (Å²) in [6, 6.07) is 8.18. The Labute approximate surface area is 110 Å². The van der Waals surface area contributed by atoms with Crippen molar-refractivity contribution >= 4 is 5.78 Å². The summed E-state index contributed by atoms with van der Waals surface area (Å²) < 4.78 is 6.31. The third kappa shape index (κ3) is 3.07. The fourth-order valence-electron chi connectivity index (χ4n) is 1.66. The number of carbonyl (C=O) groups is 1. The average molecular weight is 258 g/mol. The van der Waals surface area contributed by atoms with Gasteiger partial charge in [-0.05, 0) is 31.2 Å². The first kappa shape index (κ1) is 13.0. The molecule has 5 heteroatoms. The third-order valence-corrected chi connectivity index (χ3v) is 2.74. The van der Waals surface area contributed by atoms with Crippen molar-refractivity contribution < 1.29 is 9.53 Å². The molecule has 0 saturated heterocycles. The molecule has 19 heavy (non-hydrogen) atoms. The summed E-state index contributed by atoms with van der Waals surface area (Å²) in [6.07, 6.45) is 1.39. The van der Waals surface area contributed by atoms with Crippen molar-refractivity contribution in [3.05, 3.63) is 58.3 Å². The fraction of sp³-hybridized carbons (Fsp3) is 0.214. The summed E-state index contributed by atoms with van der Waals surface area (Å²) in [7, 11) is 1.56. The Hall–Kier alpha value is -2.43. The van der Waals surface area contributed by atoms with Gasteiger partial charge in [0.15, 0.2) is 5.78 Å². The van der Waals surface area contributed by atoms with Gasteiger partial charge in [-0.15, -0.1) is 0 Å². The van der Waals surface area contributed by atoms with Crippen molar-refractivity contribution in [1.82, 2.24) is 9.55 Å². The Morgan fingerprint density at radius 2 is 2.00 bits per heavy atom. The molecule has 0 aliphatic heterocycles. The molecule has 2 rings (SSSR count). The quantitative estimate of drug-likeness (QED) is 0.779. The standard InChI is InChI=1S/C14H14N2O3/c1-10-7-14(18)16(9-15-10)8-13(17)11-3-5-12(19-2)6-4-11/h3-7,9H,8H2,1-2H3. The van der Waals surface area contributed by atoms with Crippen molar-refractivity contribution in [2.45, 2.75) is 13.5 Å². The van der Waals surface area contributed by atoms with Crippen molar-refractivity contribution in [3.63, 3.8) is 0 Å². The van der Waals surface area contributed by atoms with Crippen LogP contribution in [-0.4, -0.2) is 22.4 Å². The summed E-state index contributed by atoms with van der Waals surface area (Å²) in [5.74, 6) is 0.543. The topological polar surface area (TPSA) is 61.2 Å². The summed E-state index contributed by atoms with van der Waals surface area (Å²) in [5, 5.41) is 0. The van der Waals surface area contributed by atoms with Crippen LogP contribution in [0, 0.1) is 6.92 Å². The summed E-state index contributed by atoms with van der Waals surface area (Å²) in [4.78, 5) is 27.7. The molecule has 5 nitrogen and oxygen atoms in total. The van der Waals surface area contributed by atoms with Gasteiger partial charge in [-0.1, -0.05) is 0 Å². The van der Waals surface area contributed by atoms with Crippen molar-refractivity contribution in [1.29, 1.82) is 0 Å². The number of carbonyl (C=O) groups excluding carboxylic acids is 1. The number of methoxy groups -OCH3 is 1. The van der Waals surface area contributed by atoms with Gasteiger partial charge in [-0.3, -0.25) is 14.2 Å². The number of hydrogen-bond donors (Lipinski definition) is 0. The number of ether oxygens (including phenoxy) is 1. The predicted octanol–water partition coefficient (Wildman–Crippen LogP) is 1.44. The highest BCUT2D eigenvalue weighted by Crippen LogP contribution is 2.12. The van der Waals surface area contributed by atoms with Gasteiger partial charge in [0, 0.05) is 17.3 Å². The van der Waals surface area contributed by atoms with Gasteiger partial charge in [0.2, 0.25) is 0 Å². The van der Waals surface area contributed by atoms with Crippen LogP contribution in [0.3, 0.4) is 0 Å². The second-order valence-corrected chi connectivity index (χ2v) is 4.15. The molecule has 0 fully saturated rings. The SMILES string of the molecule is COc1ccc(C(=O)Cn2cnc(C)cc2=O)cc1. The lowest BCUT2D eigenvalue weighted by molar-refractivity contribution is 0.0970. The van der Waals surface area contributed by atoms with Gasteiger partial charge in [-0.2, -0.15) is 0 Å². The zero-order valence-electron chi connectivity index (χ0n) is 10.8. The highest BCUT2D eigenvalue weighted by atomic mass is 16.5. The Kier molecular flexibility index (Phi) is 3.75. The highest BCUT2D eigenvalue weighted by Gasteiger charge is 2.08. The van der Waals surface area contributed by atoms with E-state index in [0.717, 1.165) is 0 Å². The van der Waals surface area contributed by atoms with Gasteiger partial charge < -0.3 is 4.74 Å². The molecule has 1 aromatic heterocycles. The Morgan fingerprint density at radius 3 is 2.58 bits per heavy atom. The normalized spacial score (nSPS) is 10.2. The molecule has 0 unspecified atom stereocenters. The van der Waals surface area contributed by atoms with Gasteiger partial charge >= 0.3 is 0 Å². The van der Waals surface area contributed by atoms with E-state index < -0.39 is 0 Å². The third-order valence-electron chi connectivity index (χ3n) is 2.74. The van der Waals surface area contributed by atoms with E-state index in [4.69, 9.17) is 4.74 Å². The van der Waals surface area contributed by atoms with E-state index in [0.29, 0.717) is 17.0 Å². The van der Waals surface area contributed by atoms with Crippen LogP contribution >= 0.6 is 0 Å². The van der Waals surface area contributed by atoms with Crippen LogP contribution in [0.4, 0.5) is 0 Å². The van der Waals surface area contributed by atoms with Gasteiger partial charge in [0.1, 0.15) is 5.75 Å². The zero-order chi connectivity index (χ0) is 13.8. The van der Waals surface area contributed by atoms with Crippen LogP contribution in [0.25, 0.3) is 0 Å². The Morgan fingerprint density at radius 1 is 1.32 bits per heavy atom. The maximum Gasteiger partial charge on any atom is 0.253 e. The van der Waals surface area contributed by atoms with E-state index in [2.05, 4.69) is 4.98 Å². The zero-order valence-corrected chi connectivity index (χ0v) is 10.8. The second-order valence-electron chi connectivity index (χ2n) is 4.15. The number of rotatable bonds is 4. The first-order valence-corrected chi connectivity index (χ1v) is 5.80. The number of aromatic nitrogens is 2. The molecular weight excluding hydrogens is 244 g/mol. The lowest BCUT2D eigenvalue weighted by Gasteiger charge is -2.05. The summed E-state index contributed by atoms with van der Waals surface area (Å²) >= 11 is 0. The largest absolute Gasteiger partial charge is 0.497 e. The van der Waals surface area contributed by atoms with Crippen LogP contribution in [0.15, 0.2) is 41.5 Å². The van der Waals surface area contributed by atoms with E-state index >= 15 is 0 Å². The minimum atomic E-state index is -0.227. The van der Waals surface area contributed by atoms with Crippen LogP contribution in [-0.2, 0) is 6.54 Å². The van der Waals surface area contributed by atoms with Crippen LogP contribution in [0.5, 0.6) is 5.75 Å². The van der Waals surface area contributed by atoms with Crippen LogP contribution in [0.1, 0.15) is 16.1 Å². The second kappa shape index (κ2) is 5.48. The molecule has 0 N–H and O–H groups in total. The van der Waals surface area contributed by atoms with E-state index in [1.807, 2.05) is 0 Å². The minimum absolute atomic E-state index is 0.0154. The fourth-order valence-corrected chi connectivity index (χ4v) is 1.66. The van der Waals surface area contributed by atoms with Gasteiger partial charge in [0.05, 0.1) is 20.0 Å². The first-order chi connectivity index (χ1) is 9.10. The van der Waals surface area contributed by atoms with Crippen LogP contribution < -0.4 is 10.3 Å². The molecular formula is C14H14N2O3. The number of aryl methyl sites for hydroxylation is 1. The van der Waals surface area contributed by atoms with E-state index in [9.17, 15) is 9.59 Å². The molecule has 0 radical (unpaired) electrons. The number of ketones is 1. The molecule has 0 saturated carbocycles.